The Balaban J connectivity index is 1.59. The van der Waals surface area contributed by atoms with Gasteiger partial charge in [0.15, 0.2) is 0 Å². The second-order valence-corrected chi connectivity index (χ2v) is 10.7. The minimum atomic E-state index is -3.63. The molecule has 0 radical (unpaired) electrons. The van der Waals surface area contributed by atoms with Crippen LogP contribution in [-0.4, -0.2) is 79.3 Å². The number of likely N-dealkylation sites (N-methyl/N-ethyl adjacent to an activating group) is 1. The number of para-hydroxylation sites is 1. The highest BCUT2D eigenvalue weighted by Gasteiger charge is 2.55. The van der Waals surface area contributed by atoms with Gasteiger partial charge in [0.25, 0.3) is 0 Å². The number of benzene rings is 2. The number of hydrogen-bond donors (Lipinski definition) is 0. The molecule has 2 aliphatic heterocycles. The summed E-state index contributed by atoms with van der Waals surface area (Å²) in [5, 5.41) is 0. The van der Waals surface area contributed by atoms with Crippen molar-refractivity contribution in [3.8, 4) is 0 Å². The average Bonchev–Trinajstić information content (AvgIpc) is 3.12. The van der Waals surface area contributed by atoms with Crippen molar-refractivity contribution < 1.29 is 18.0 Å². The number of carbonyl (C=O) groups excluding carboxylic acids is 2. The molecule has 2 aliphatic rings. The lowest BCUT2D eigenvalue weighted by Crippen LogP contribution is -2.57. The van der Waals surface area contributed by atoms with Gasteiger partial charge in [0.05, 0.1) is 11.6 Å². The number of rotatable bonds is 7. The van der Waals surface area contributed by atoms with E-state index in [1.54, 1.807) is 40.1 Å². The lowest BCUT2D eigenvalue weighted by Gasteiger charge is -2.42. The molecular formula is C25H32N4O4S. The Morgan fingerprint density at radius 1 is 0.941 bits per heavy atom. The van der Waals surface area contributed by atoms with Gasteiger partial charge in [-0.3, -0.25) is 9.59 Å². The minimum Gasteiger partial charge on any atom is -0.342 e. The van der Waals surface area contributed by atoms with Crippen LogP contribution in [0.3, 0.4) is 0 Å². The van der Waals surface area contributed by atoms with Crippen molar-refractivity contribution >= 4 is 27.5 Å². The molecule has 0 aliphatic carbocycles. The maximum atomic E-state index is 13.8. The van der Waals surface area contributed by atoms with Crippen LogP contribution in [0.25, 0.3) is 0 Å². The molecule has 2 fully saturated rings. The van der Waals surface area contributed by atoms with E-state index in [1.165, 1.54) is 4.31 Å². The first-order valence-corrected chi connectivity index (χ1v) is 13.2. The average molecular weight is 485 g/mol. The lowest BCUT2D eigenvalue weighted by atomic mass is 9.86. The van der Waals surface area contributed by atoms with Crippen molar-refractivity contribution in [2.45, 2.75) is 37.1 Å². The number of nitrogens with zero attached hydrogens (tertiary/aromatic N) is 4. The fourth-order valence-corrected chi connectivity index (χ4v) is 6.46. The minimum absolute atomic E-state index is 0.0254. The van der Waals surface area contributed by atoms with Crippen LogP contribution in [0.1, 0.15) is 26.7 Å². The van der Waals surface area contributed by atoms with Crippen molar-refractivity contribution in [2.24, 2.45) is 0 Å². The van der Waals surface area contributed by atoms with Crippen LogP contribution in [0.2, 0.25) is 0 Å². The van der Waals surface area contributed by atoms with Crippen LogP contribution < -0.4 is 4.90 Å². The van der Waals surface area contributed by atoms with Crippen molar-refractivity contribution in [3.63, 3.8) is 0 Å². The quantitative estimate of drug-likeness (QED) is 0.603. The van der Waals surface area contributed by atoms with Gasteiger partial charge in [-0.05, 0) is 51.0 Å². The first-order chi connectivity index (χ1) is 16.3. The van der Waals surface area contributed by atoms with Crippen molar-refractivity contribution in [1.29, 1.82) is 0 Å². The smallest absolute Gasteiger partial charge is 0.250 e. The van der Waals surface area contributed by atoms with Crippen LogP contribution >= 0.6 is 0 Å². The SMILES string of the molecule is CCN(CC)C(=O)CN1CN(c2ccccc2)C2(CCN(S(=O)(=O)c3ccccc3)CC2)C1=O. The predicted molar refractivity (Wildman–Crippen MR) is 131 cm³/mol. The molecule has 2 aromatic rings. The van der Waals surface area contributed by atoms with E-state index in [2.05, 4.69) is 4.90 Å². The molecule has 2 heterocycles. The maximum Gasteiger partial charge on any atom is 0.250 e. The van der Waals surface area contributed by atoms with Gasteiger partial charge in [-0.1, -0.05) is 36.4 Å². The molecule has 4 rings (SSSR count). The van der Waals surface area contributed by atoms with Crippen molar-refractivity contribution in [3.05, 3.63) is 60.7 Å². The van der Waals surface area contributed by atoms with Crippen LogP contribution in [0.4, 0.5) is 5.69 Å². The van der Waals surface area contributed by atoms with E-state index in [0.717, 1.165) is 5.69 Å². The highest BCUT2D eigenvalue weighted by molar-refractivity contribution is 7.89. The number of amides is 2. The molecule has 0 aromatic heterocycles. The Morgan fingerprint density at radius 3 is 2.06 bits per heavy atom. The predicted octanol–water partition coefficient (Wildman–Crippen LogP) is 2.38. The number of hydrogen-bond acceptors (Lipinski definition) is 5. The number of anilines is 1. The Bertz CT molecular complexity index is 1110. The molecule has 8 nitrogen and oxygen atoms in total. The van der Waals surface area contributed by atoms with Gasteiger partial charge >= 0.3 is 0 Å². The summed E-state index contributed by atoms with van der Waals surface area (Å²) in [5.74, 6) is -0.180. The molecule has 2 saturated heterocycles. The summed E-state index contributed by atoms with van der Waals surface area (Å²) in [4.78, 5) is 32.2. The van der Waals surface area contributed by atoms with Crippen molar-refractivity contribution in [1.82, 2.24) is 14.1 Å². The summed E-state index contributed by atoms with van der Waals surface area (Å²) in [5.41, 5.74) is 0.0288. The van der Waals surface area contributed by atoms with E-state index >= 15 is 0 Å². The van der Waals surface area contributed by atoms with Crippen LogP contribution in [0.15, 0.2) is 65.6 Å². The number of carbonyl (C=O) groups is 2. The van der Waals surface area contributed by atoms with Gasteiger partial charge in [-0.25, -0.2) is 8.42 Å². The normalized spacial score (nSPS) is 18.5. The molecule has 182 valence electrons. The van der Waals surface area contributed by atoms with Gasteiger partial charge in [0.1, 0.15) is 12.1 Å². The Kier molecular flexibility index (Phi) is 6.95. The molecule has 2 amide bonds. The zero-order valence-electron chi connectivity index (χ0n) is 19.8. The van der Waals surface area contributed by atoms with Gasteiger partial charge in [0.2, 0.25) is 21.8 Å². The summed E-state index contributed by atoms with van der Waals surface area (Å²) in [7, 11) is -3.63. The molecular weight excluding hydrogens is 452 g/mol. The van der Waals surface area contributed by atoms with E-state index in [9.17, 15) is 18.0 Å². The Hall–Kier alpha value is -2.91. The van der Waals surface area contributed by atoms with Gasteiger partial charge < -0.3 is 14.7 Å². The standard InChI is InChI=1S/C25H32N4O4S/c1-3-26(4-2)23(30)19-27-20-29(21-11-7-5-8-12-21)25(24(27)31)15-17-28(18-16-25)34(32,33)22-13-9-6-10-14-22/h5-14H,3-4,15-20H2,1-2H3. The third-order valence-electron chi connectivity index (χ3n) is 6.95. The highest BCUT2D eigenvalue weighted by atomic mass is 32.2. The second kappa shape index (κ2) is 9.76. The molecule has 0 unspecified atom stereocenters. The van der Waals surface area contributed by atoms with Gasteiger partial charge in [-0.15, -0.1) is 0 Å². The van der Waals surface area contributed by atoms with Crippen LogP contribution in [-0.2, 0) is 19.6 Å². The zero-order valence-corrected chi connectivity index (χ0v) is 20.6. The molecule has 1 spiro atoms. The van der Waals surface area contributed by atoms with Gasteiger partial charge in [-0.2, -0.15) is 4.31 Å². The topological polar surface area (TPSA) is 81.2 Å². The molecule has 0 saturated carbocycles. The van der Waals surface area contributed by atoms with E-state index in [4.69, 9.17) is 0 Å². The molecule has 0 atom stereocenters. The maximum absolute atomic E-state index is 13.8. The lowest BCUT2D eigenvalue weighted by molar-refractivity contribution is -0.140. The molecule has 0 bridgehead atoms. The Labute approximate surface area is 201 Å². The van der Waals surface area contributed by atoms with Crippen molar-refractivity contribution in [2.75, 3.05) is 44.3 Å². The summed E-state index contributed by atoms with van der Waals surface area (Å²) in [6, 6.07) is 18.1. The van der Waals surface area contributed by atoms with E-state index in [0.29, 0.717) is 32.6 Å². The fourth-order valence-electron chi connectivity index (χ4n) is 5.00. The first-order valence-electron chi connectivity index (χ1n) is 11.8. The van der Waals surface area contributed by atoms with E-state index in [-0.39, 0.29) is 36.3 Å². The number of sulfonamides is 1. The van der Waals surface area contributed by atoms with E-state index in [1.807, 2.05) is 44.2 Å². The van der Waals surface area contributed by atoms with E-state index < -0.39 is 15.6 Å². The summed E-state index contributed by atoms with van der Waals surface area (Å²) >= 11 is 0. The molecule has 34 heavy (non-hydrogen) atoms. The summed E-state index contributed by atoms with van der Waals surface area (Å²) in [6.07, 6.45) is 0.728. The monoisotopic (exact) mass is 484 g/mol. The number of piperidine rings is 1. The molecule has 2 aromatic carbocycles. The second-order valence-electron chi connectivity index (χ2n) is 8.72. The highest BCUT2D eigenvalue weighted by Crippen LogP contribution is 2.40. The largest absolute Gasteiger partial charge is 0.342 e. The van der Waals surface area contributed by atoms with Gasteiger partial charge in [0, 0.05) is 31.9 Å². The molecule has 9 heteroatoms. The third-order valence-corrected chi connectivity index (χ3v) is 8.87. The fraction of sp³-hybridized carbons (Fsp3) is 0.440. The molecule has 0 N–H and O–H groups in total. The Morgan fingerprint density at radius 2 is 1.50 bits per heavy atom. The summed E-state index contributed by atoms with van der Waals surface area (Å²) in [6.45, 7) is 5.85. The van der Waals surface area contributed by atoms with Crippen LogP contribution in [0, 0.1) is 0 Å². The third kappa shape index (κ3) is 4.30. The zero-order chi connectivity index (χ0) is 24.3. The van der Waals surface area contributed by atoms with Crippen LogP contribution in [0.5, 0.6) is 0 Å². The summed E-state index contributed by atoms with van der Waals surface area (Å²) < 4.78 is 27.7. The first kappa shape index (κ1) is 24.2.